The first-order valence-corrected chi connectivity index (χ1v) is 12.8. The summed E-state index contributed by atoms with van der Waals surface area (Å²) in [4.78, 5) is 17.5. The molecule has 3 aromatic carbocycles. The van der Waals surface area contributed by atoms with E-state index >= 15 is 0 Å². The average molecular weight is 498 g/mol. The number of anilines is 2. The molecule has 3 aromatic rings. The smallest absolute Gasteiger partial charge is 0.234 e. The van der Waals surface area contributed by atoms with Crippen LogP contribution in [-0.4, -0.2) is 25.0 Å². The number of benzene rings is 3. The molecule has 2 N–H and O–H groups in total. The molecular weight excluding hydrogens is 469 g/mol. The first-order valence-electron chi connectivity index (χ1n) is 11.6. The monoisotopic (exact) mass is 497 g/mol. The Morgan fingerprint density at radius 2 is 1.74 bits per heavy atom. The van der Waals surface area contributed by atoms with Crippen LogP contribution >= 0.6 is 23.5 Å². The van der Waals surface area contributed by atoms with Gasteiger partial charge in [-0.25, -0.2) is 4.39 Å². The van der Waals surface area contributed by atoms with Crippen LogP contribution in [0.25, 0.3) is 11.1 Å². The quantitative estimate of drug-likeness (QED) is 0.415. The van der Waals surface area contributed by atoms with E-state index in [1.54, 1.807) is 11.0 Å². The van der Waals surface area contributed by atoms with Gasteiger partial charge in [-0.3, -0.25) is 9.93 Å². The molecule has 0 saturated carbocycles. The van der Waals surface area contributed by atoms with E-state index in [2.05, 4.69) is 17.0 Å². The second-order valence-electron chi connectivity index (χ2n) is 8.39. The molecule has 0 radical (unpaired) electrons. The molecule has 178 valence electrons. The van der Waals surface area contributed by atoms with Crippen molar-refractivity contribution in [3.63, 3.8) is 0 Å². The summed E-state index contributed by atoms with van der Waals surface area (Å²) < 4.78 is 15.0. The molecule has 7 heteroatoms. The van der Waals surface area contributed by atoms with Crippen LogP contribution in [0.5, 0.6) is 0 Å². The second-order valence-corrected chi connectivity index (χ2v) is 9.48. The topological polar surface area (TPSA) is 49.6 Å². The molecule has 4 nitrogen and oxygen atoms in total. The number of amides is 1. The lowest BCUT2D eigenvalue weighted by Crippen LogP contribution is -2.55. The number of fused-ring (bicyclic) bond motifs is 1. The van der Waals surface area contributed by atoms with E-state index in [9.17, 15) is 9.18 Å². The minimum Gasteiger partial charge on any atom is -0.370 e. The van der Waals surface area contributed by atoms with Gasteiger partial charge in [-0.05, 0) is 60.7 Å². The van der Waals surface area contributed by atoms with Gasteiger partial charge in [0.1, 0.15) is 0 Å². The van der Waals surface area contributed by atoms with Gasteiger partial charge in [-0.2, -0.15) is 0 Å². The van der Waals surface area contributed by atoms with Gasteiger partial charge in [0.05, 0.1) is 16.5 Å². The molecule has 2 aliphatic heterocycles. The van der Waals surface area contributed by atoms with Crippen molar-refractivity contribution in [2.75, 3.05) is 22.9 Å². The number of rotatable bonds is 4. The minimum absolute atomic E-state index is 0.0155. The number of carbonyl (C=O) groups excluding carboxylic acids is 1. The van der Waals surface area contributed by atoms with Crippen molar-refractivity contribution < 1.29 is 9.18 Å². The van der Waals surface area contributed by atoms with Crippen LogP contribution < -0.4 is 14.9 Å². The van der Waals surface area contributed by atoms with Gasteiger partial charge in [-0.15, -0.1) is 0 Å². The van der Waals surface area contributed by atoms with Crippen molar-refractivity contribution in [3.8, 4) is 11.1 Å². The SMILES string of the molecule is CC.C[C@H]1Cc2ccc(SN)c(F)c2N1C(=O)C1CN(c2ccc(-c3ccccc3Cl)cc2)C1. The van der Waals surface area contributed by atoms with Crippen molar-refractivity contribution >= 4 is 40.8 Å². The van der Waals surface area contributed by atoms with Crippen LogP contribution in [0.3, 0.4) is 0 Å². The van der Waals surface area contributed by atoms with E-state index in [0.29, 0.717) is 30.1 Å². The summed E-state index contributed by atoms with van der Waals surface area (Å²) in [5, 5.41) is 6.32. The molecule has 0 aromatic heterocycles. The molecule has 2 heterocycles. The summed E-state index contributed by atoms with van der Waals surface area (Å²) in [6, 6.07) is 19.5. The summed E-state index contributed by atoms with van der Waals surface area (Å²) in [6.07, 6.45) is 0.660. The maximum atomic E-state index is 15.0. The highest BCUT2D eigenvalue weighted by Gasteiger charge is 2.42. The van der Waals surface area contributed by atoms with Crippen LogP contribution in [-0.2, 0) is 11.2 Å². The molecular formula is C27H29ClFN3OS. The molecule has 0 unspecified atom stereocenters. The van der Waals surface area contributed by atoms with Crippen LogP contribution in [0.4, 0.5) is 15.8 Å². The minimum atomic E-state index is -0.390. The predicted molar refractivity (Wildman–Crippen MR) is 141 cm³/mol. The first-order chi connectivity index (χ1) is 16.5. The third kappa shape index (κ3) is 4.42. The largest absolute Gasteiger partial charge is 0.370 e. The Kier molecular flexibility index (Phi) is 7.51. The Morgan fingerprint density at radius 3 is 2.38 bits per heavy atom. The average Bonchev–Trinajstić information content (AvgIpc) is 3.17. The molecule has 1 amide bonds. The third-order valence-corrected chi connectivity index (χ3v) is 7.27. The maximum absolute atomic E-state index is 15.0. The Bertz CT molecular complexity index is 1180. The molecule has 5 rings (SSSR count). The van der Waals surface area contributed by atoms with Crippen molar-refractivity contribution in [1.82, 2.24) is 0 Å². The lowest BCUT2D eigenvalue weighted by Gasteiger charge is -2.42. The second kappa shape index (κ2) is 10.4. The Hall–Kier alpha value is -2.54. The zero-order valence-corrected chi connectivity index (χ0v) is 21.2. The standard InChI is InChI=1S/C25H23ClFN3OS.C2H6/c1-15-12-17-8-11-22(32-28)23(27)24(17)30(15)25(31)18-13-29(14-18)19-9-6-16(7-10-19)20-4-2-3-5-21(20)26;1-2/h2-11,15,18H,12-14,28H2,1H3;1-2H3/t15-;/m0./s1. The summed E-state index contributed by atoms with van der Waals surface area (Å²) >= 11 is 7.18. The Morgan fingerprint density at radius 1 is 1.06 bits per heavy atom. The molecule has 1 saturated heterocycles. The fraction of sp³-hybridized carbons (Fsp3) is 0.296. The number of nitrogens with two attached hydrogens (primary N) is 1. The normalized spacial score (nSPS) is 17.1. The van der Waals surface area contributed by atoms with Crippen molar-refractivity contribution in [3.05, 3.63) is 77.1 Å². The molecule has 1 fully saturated rings. The highest BCUT2D eigenvalue weighted by atomic mass is 35.5. The molecule has 1 atom stereocenters. The zero-order valence-electron chi connectivity index (χ0n) is 19.6. The van der Waals surface area contributed by atoms with Crippen molar-refractivity contribution in [2.24, 2.45) is 11.1 Å². The Labute approximate surface area is 210 Å². The molecule has 0 aliphatic carbocycles. The lowest BCUT2D eigenvalue weighted by atomic mass is 9.96. The number of carbonyl (C=O) groups is 1. The Balaban J connectivity index is 0.00000133. The predicted octanol–water partition coefficient (Wildman–Crippen LogP) is 6.55. The number of hydrogen-bond acceptors (Lipinski definition) is 4. The van der Waals surface area contributed by atoms with Gasteiger partial charge in [0.25, 0.3) is 0 Å². The first kappa shape index (κ1) is 24.6. The van der Waals surface area contributed by atoms with Gasteiger partial charge >= 0.3 is 0 Å². The van der Waals surface area contributed by atoms with Gasteiger partial charge in [0.15, 0.2) is 5.82 Å². The summed E-state index contributed by atoms with van der Waals surface area (Å²) in [7, 11) is 0. The molecule has 0 spiro atoms. The maximum Gasteiger partial charge on any atom is 0.234 e. The van der Waals surface area contributed by atoms with Crippen LogP contribution in [0, 0.1) is 11.7 Å². The van der Waals surface area contributed by atoms with Gasteiger partial charge in [-0.1, -0.05) is 61.8 Å². The van der Waals surface area contributed by atoms with Crippen molar-refractivity contribution in [1.29, 1.82) is 0 Å². The molecule has 34 heavy (non-hydrogen) atoms. The van der Waals surface area contributed by atoms with Crippen LogP contribution in [0.1, 0.15) is 26.3 Å². The van der Waals surface area contributed by atoms with E-state index in [1.165, 1.54) is 0 Å². The fourth-order valence-electron chi connectivity index (χ4n) is 4.65. The van der Waals surface area contributed by atoms with Crippen LogP contribution in [0.15, 0.2) is 65.6 Å². The number of halogens is 2. The summed E-state index contributed by atoms with van der Waals surface area (Å²) in [6.45, 7) is 7.21. The third-order valence-electron chi connectivity index (χ3n) is 6.37. The van der Waals surface area contributed by atoms with E-state index in [4.69, 9.17) is 16.7 Å². The lowest BCUT2D eigenvalue weighted by molar-refractivity contribution is -0.123. The van der Waals surface area contributed by atoms with E-state index in [-0.39, 0.29) is 23.7 Å². The van der Waals surface area contributed by atoms with E-state index in [1.807, 2.05) is 63.2 Å². The number of nitrogens with zero attached hydrogens (tertiary/aromatic N) is 2. The zero-order chi connectivity index (χ0) is 24.4. The van der Waals surface area contributed by atoms with Gasteiger partial charge < -0.3 is 9.80 Å². The van der Waals surface area contributed by atoms with Gasteiger partial charge in [0.2, 0.25) is 5.91 Å². The van der Waals surface area contributed by atoms with Gasteiger partial charge in [0, 0.05) is 35.4 Å². The highest BCUT2D eigenvalue weighted by Crippen LogP contribution is 2.40. The van der Waals surface area contributed by atoms with E-state index in [0.717, 1.165) is 39.3 Å². The highest BCUT2D eigenvalue weighted by molar-refractivity contribution is 7.97. The summed E-state index contributed by atoms with van der Waals surface area (Å²) in [5.41, 5.74) is 4.39. The van der Waals surface area contributed by atoms with Crippen molar-refractivity contribution in [2.45, 2.75) is 38.1 Å². The summed E-state index contributed by atoms with van der Waals surface area (Å²) in [5.74, 6) is -0.558. The number of hydrogen-bond donors (Lipinski definition) is 1. The van der Waals surface area contributed by atoms with Crippen LogP contribution in [0.2, 0.25) is 5.02 Å². The molecule has 0 bridgehead atoms. The fourth-order valence-corrected chi connectivity index (χ4v) is 5.24. The van der Waals surface area contributed by atoms with E-state index < -0.39 is 0 Å². The molecule has 2 aliphatic rings.